The third-order valence-corrected chi connectivity index (χ3v) is 8.13. The predicted molar refractivity (Wildman–Crippen MR) is 132 cm³/mol. The van der Waals surface area contributed by atoms with Crippen LogP contribution in [-0.4, -0.2) is 23.6 Å². The molecule has 0 radical (unpaired) electrons. The zero-order chi connectivity index (χ0) is 23.2. The minimum atomic E-state index is -0.456. The molecule has 0 fully saturated rings. The highest BCUT2D eigenvalue weighted by Gasteiger charge is 2.27. The number of hydrogen-bond donors (Lipinski definition) is 2. The van der Waals surface area contributed by atoms with Crippen LogP contribution in [0.15, 0.2) is 29.0 Å². The minimum absolute atomic E-state index is 0.179. The van der Waals surface area contributed by atoms with E-state index in [2.05, 4.69) is 21.7 Å². The third kappa shape index (κ3) is 6.07. The number of carbonyl (C=O) groups excluding carboxylic acids is 2. The quantitative estimate of drug-likeness (QED) is 0.440. The van der Waals surface area contributed by atoms with E-state index in [0.717, 1.165) is 38.9 Å². The van der Waals surface area contributed by atoms with Crippen LogP contribution in [0.2, 0.25) is 0 Å². The Morgan fingerprint density at radius 3 is 3.00 bits per heavy atom. The molecule has 7 nitrogen and oxygen atoms in total. The van der Waals surface area contributed by atoms with E-state index in [0.29, 0.717) is 30.1 Å². The Kier molecular flexibility index (Phi) is 7.54. The van der Waals surface area contributed by atoms with Crippen LogP contribution in [0.5, 0.6) is 0 Å². The number of carbonyl (C=O) groups is 2. The van der Waals surface area contributed by atoms with E-state index >= 15 is 0 Å². The highest BCUT2D eigenvalue weighted by Crippen LogP contribution is 2.39. The number of amides is 2. The summed E-state index contributed by atoms with van der Waals surface area (Å²) < 4.78 is 5.41. The lowest BCUT2D eigenvalue weighted by atomic mass is 9.88. The summed E-state index contributed by atoms with van der Waals surface area (Å²) in [7, 11) is 0. The van der Waals surface area contributed by atoms with Crippen molar-refractivity contribution in [1.29, 1.82) is 5.26 Å². The molecule has 33 heavy (non-hydrogen) atoms. The predicted octanol–water partition coefficient (Wildman–Crippen LogP) is 5.13. The number of fused-ring (bicyclic) bond motifs is 1. The SMILES string of the molecule is Cc1csc(CNC(=O)OCC2CCc3c(sc(NC(=O)C=Cc4cccs4)c3C#N)C2)n1. The van der Waals surface area contributed by atoms with E-state index in [4.69, 9.17) is 4.74 Å². The van der Waals surface area contributed by atoms with Crippen molar-refractivity contribution in [3.8, 4) is 6.07 Å². The first kappa shape index (κ1) is 23.2. The third-order valence-electron chi connectivity index (χ3n) is 5.16. The van der Waals surface area contributed by atoms with Crippen molar-refractivity contribution in [2.45, 2.75) is 32.7 Å². The van der Waals surface area contributed by atoms with Gasteiger partial charge in [-0.25, -0.2) is 9.78 Å². The lowest BCUT2D eigenvalue weighted by molar-refractivity contribution is -0.111. The maximum atomic E-state index is 12.3. The van der Waals surface area contributed by atoms with Crippen molar-refractivity contribution >= 4 is 57.1 Å². The molecule has 1 atom stereocenters. The van der Waals surface area contributed by atoms with Crippen LogP contribution in [0.3, 0.4) is 0 Å². The Morgan fingerprint density at radius 2 is 2.27 bits per heavy atom. The van der Waals surface area contributed by atoms with Gasteiger partial charge in [0.1, 0.15) is 16.1 Å². The van der Waals surface area contributed by atoms with Crippen LogP contribution in [-0.2, 0) is 28.9 Å². The smallest absolute Gasteiger partial charge is 0.407 e. The molecule has 10 heteroatoms. The lowest BCUT2D eigenvalue weighted by Gasteiger charge is -2.21. The highest BCUT2D eigenvalue weighted by molar-refractivity contribution is 7.16. The average molecular weight is 499 g/mol. The number of anilines is 1. The Bertz CT molecular complexity index is 1200. The summed E-state index contributed by atoms with van der Waals surface area (Å²) in [6, 6.07) is 6.11. The molecule has 0 spiro atoms. The topological polar surface area (TPSA) is 104 Å². The molecular weight excluding hydrogens is 476 g/mol. The first-order chi connectivity index (χ1) is 16.0. The van der Waals surface area contributed by atoms with Crippen LogP contribution in [0.1, 0.15) is 38.0 Å². The fraction of sp³-hybridized carbons (Fsp3) is 0.304. The summed E-state index contributed by atoms with van der Waals surface area (Å²) in [6.45, 7) is 2.58. The van der Waals surface area contributed by atoms with E-state index in [-0.39, 0.29) is 11.8 Å². The van der Waals surface area contributed by atoms with Crippen molar-refractivity contribution in [3.63, 3.8) is 0 Å². The molecule has 1 unspecified atom stereocenters. The maximum absolute atomic E-state index is 12.3. The Hall–Kier alpha value is -3.00. The van der Waals surface area contributed by atoms with Gasteiger partial charge in [0.15, 0.2) is 0 Å². The summed E-state index contributed by atoms with van der Waals surface area (Å²) >= 11 is 4.49. The van der Waals surface area contributed by atoms with Gasteiger partial charge in [-0.1, -0.05) is 6.07 Å². The molecular formula is C23H22N4O3S3. The van der Waals surface area contributed by atoms with Crippen LogP contribution < -0.4 is 10.6 Å². The van der Waals surface area contributed by atoms with E-state index in [9.17, 15) is 14.9 Å². The summed E-state index contributed by atoms with van der Waals surface area (Å²) in [6.07, 6.45) is 5.05. The first-order valence-electron chi connectivity index (χ1n) is 10.4. The summed E-state index contributed by atoms with van der Waals surface area (Å²) in [4.78, 5) is 30.7. The number of ether oxygens (including phenoxy) is 1. The monoisotopic (exact) mass is 498 g/mol. The van der Waals surface area contributed by atoms with Crippen molar-refractivity contribution in [3.05, 3.63) is 60.6 Å². The molecule has 1 aliphatic carbocycles. The molecule has 1 aliphatic rings. The van der Waals surface area contributed by atoms with Gasteiger partial charge in [0.05, 0.1) is 18.7 Å². The number of nitrogens with zero attached hydrogens (tertiary/aromatic N) is 2. The van der Waals surface area contributed by atoms with Crippen molar-refractivity contribution in [2.75, 3.05) is 11.9 Å². The molecule has 0 saturated carbocycles. The van der Waals surface area contributed by atoms with Gasteiger partial charge < -0.3 is 15.4 Å². The van der Waals surface area contributed by atoms with E-state index in [1.165, 1.54) is 28.7 Å². The van der Waals surface area contributed by atoms with Crippen LogP contribution in [0.4, 0.5) is 9.80 Å². The number of aryl methyl sites for hydroxylation is 1. The lowest BCUT2D eigenvalue weighted by Crippen LogP contribution is -2.27. The normalized spacial score (nSPS) is 15.1. The molecule has 4 rings (SSSR count). The Labute approximate surface area is 203 Å². The second-order valence-electron chi connectivity index (χ2n) is 7.60. The molecule has 170 valence electrons. The second-order valence-corrected chi connectivity index (χ2v) is 10.6. The number of thiophene rings is 2. The van der Waals surface area contributed by atoms with Gasteiger partial charge >= 0.3 is 6.09 Å². The minimum Gasteiger partial charge on any atom is -0.449 e. The highest BCUT2D eigenvalue weighted by atomic mass is 32.1. The fourth-order valence-electron chi connectivity index (χ4n) is 3.58. The average Bonchev–Trinajstić information content (AvgIpc) is 3.54. The van der Waals surface area contributed by atoms with Gasteiger partial charge in [-0.05, 0) is 55.2 Å². The van der Waals surface area contributed by atoms with Crippen molar-refractivity contribution in [1.82, 2.24) is 10.3 Å². The number of nitrogens with one attached hydrogen (secondary N) is 2. The summed E-state index contributed by atoms with van der Waals surface area (Å²) in [5, 5.41) is 20.6. The molecule has 0 saturated heterocycles. The number of hydrogen-bond acceptors (Lipinski definition) is 8. The molecule has 2 amide bonds. The largest absolute Gasteiger partial charge is 0.449 e. The molecule has 2 N–H and O–H groups in total. The molecule has 0 aromatic carbocycles. The standard InChI is InChI=1S/C23H22N4O3S3/c1-14-13-32-21(26-14)11-25-23(29)30-12-15-4-6-17-18(10-24)22(33-19(17)9-15)27-20(28)7-5-16-3-2-8-31-16/h2-3,5,7-8,13,15H,4,6,9,11-12H2,1H3,(H,25,29)(H,27,28). The zero-order valence-corrected chi connectivity index (χ0v) is 20.4. The van der Waals surface area contributed by atoms with E-state index < -0.39 is 6.09 Å². The number of aromatic nitrogens is 1. The number of thiazole rings is 1. The first-order valence-corrected chi connectivity index (χ1v) is 13.0. The molecule has 3 aromatic rings. The Balaban J connectivity index is 1.31. The van der Waals surface area contributed by atoms with Crippen LogP contribution in [0, 0.1) is 24.2 Å². The van der Waals surface area contributed by atoms with Gasteiger partial charge in [0, 0.05) is 26.9 Å². The molecule has 3 heterocycles. The van der Waals surface area contributed by atoms with Gasteiger partial charge in [-0.3, -0.25) is 4.79 Å². The maximum Gasteiger partial charge on any atom is 0.407 e. The van der Waals surface area contributed by atoms with E-state index in [1.807, 2.05) is 29.8 Å². The van der Waals surface area contributed by atoms with Gasteiger partial charge in [-0.15, -0.1) is 34.0 Å². The number of rotatable bonds is 7. The zero-order valence-electron chi connectivity index (χ0n) is 17.9. The number of alkyl carbamates (subject to hydrolysis) is 1. The molecule has 0 bridgehead atoms. The van der Waals surface area contributed by atoms with Crippen LogP contribution in [0.25, 0.3) is 6.08 Å². The van der Waals surface area contributed by atoms with Crippen molar-refractivity contribution < 1.29 is 14.3 Å². The Morgan fingerprint density at radius 1 is 1.39 bits per heavy atom. The number of nitriles is 1. The second kappa shape index (κ2) is 10.7. The molecule has 3 aromatic heterocycles. The van der Waals surface area contributed by atoms with Crippen LogP contribution >= 0.6 is 34.0 Å². The van der Waals surface area contributed by atoms with Crippen molar-refractivity contribution in [2.24, 2.45) is 5.92 Å². The summed E-state index contributed by atoms with van der Waals surface area (Å²) in [5.74, 6) is -0.0803. The van der Waals surface area contributed by atoms with Gasteiger partial charge in [0.2, 0.25) is 5.91 Å². The summed E-state index contributed by atoms with van der Waals surface area (Å²) in [5.41, 5.74) is 2.48. The van der Waals surface area contributed by atoms with Gasteiger partial charge in [0.25, 0.3) is 0 Å². The fourth-order valence-corrected chi connectivity index (χ4v) is 6.22. The molecule has 0 aliphatic heterocycles. The van der Waals surface area contributed by atoms with E-state index in [1.54, 1.807) is 17.4 Å². The van der Waals surface area contributed by atoms with Gasteiger partial charge in [-0.2, -0.15) is 5.26 Å².